The van der Waals surface area contributed by atoms with Gasteiger partial charge in [0.05, 0.1) is 11.4 Å². The number of hydrogen-bond acceptors (Lipinski definition) is 2. The molecule has 1 heterocycles. The van der Waals surface area contributed by atoms with E-state index in [-0.39, 0.29) is 6.04 Å². The normalized spacial score (nSPS) is 12.2. The first kappa shape index (κ1) is 14.6. The lowest BCUT2D eigenvalue weighted by atomic mass is 10.0. The van der Waals surface area contributed by atoms with Crippen molar-refractivity contribution >= 4 is 5.69 Å². The zero-order valence-electron chi connectivity index (χ0n) is 12.7. The Labute approximate surface area is 122 Å². The second-order valence-electron chi connectivity index (χ2n) is 5.35. The minimum Gasteiger partial charge on any atom is -0.377 e. The first-order chi connectivity index (χ1) is 9.70. The quantitative estimate of drug-likeness (QED) is 0.805. The Kier molecular flexibility index (Phi) is 5.16. The highest BCUT2D eigenvalue weighted by Crippen LogP contribution is 2.21. The average Bonchev–Trinajstić information content (AvgIpc) is 2.48. The fourth-order valence-corrected chi connectivity index (χ4v) is 2.31. The molecule has 106 valence electrons. The number of anilines is 1. The van der Waals surface area contributed by atoms with Crippen LogP contribution in [0.1, 0.15) is 49.6 Å². The van der Waals surface area contributed by atoms with Crippen molar-refractivity contribution in [2.24, 2.45) is 0 Å². The summed E-state index contributed by atoms with van der Waals surface area (Å²) in [6.45, 7) is 6.45. The highest BCUT2D eigenvalue weighted by Gasteiger charge is 2.07. The zero-order valence-corrected chi connectivity index (χ0v) is 12.7. The standard InChI is InChI=1S/C18H24N2/c1-4-5-7-16-9-11-17(12-10-16)14(2)20-18-8-6-13-19-15(18)3/h6,8-14,20H,4-5,7H2,1-3H3. The van der Waals surface area contributed by atoms with E-state index in [1.54, 1.807) is 0 Å². The second-order valence-corrected chi connectivity index (χ2v) is 5.35. The first-order valence-corrected chi connectivity index (χ1v) is 7.47. The Hall–Kier alpha value is -1.83. The average molecular weight is 268 g/mol. The molecule has 0 radical (unpaired) electrons. The maximum atomic E-state index is 4.31. The Morgan fingerprint density at radius 3 is 2.55 bits per heavy atom. The summed E-state index contributed by atoms with van der Waals surface area (Å²) in [6.07, 6.45) is 5.52. The van der Waals surface area contributed by atoms with Gasteiger partial charge in [0.15, 0.2) is 0 Å². The van der Waals surface area contributed by atoms with Crippen molar-refractivity contribution < 1.29 is 0 Å². The van der Waals surface area contributed by atoms with E-state index < -0.39 is 0 Å². The van der Waals surface area contributed by atoms with Crippen LogP contribution in [0, 0.1) is 6.92 Å². The molecular formula is C18H24N2. The van der Waals surface area contributed by atoms with Gasteiger partial charge in [-0.2, -0.15) is 0 Å². The summed E-state index contributed by atoms with van der Waals surface area (Å²) in [5.74, 6) is 0. The van der Waals surface area contributed by atoms with Crippen LogP contribution in [0.2, 0.25) is 0 Å². The Morgan fingerprint density at radius 2 is 1.90 bits per heavy atom. The molecule has 1 atom stereocenters. The van der Waals surface area contributed by atoms with Gasteiger partial charge in [-0.05, 0) is 49.9 Å². The minimum absolute atomic E-state index is 0.290. The molecule has 0 aliphatic heterocycles. The molecule has 0 amide bonds. The fourth-order valence-electron chi connectivity index (χ4n) is 2.31. The van der Waals surface area contributed by atoms with Crippen molar-refractivity contribution in [2.75, 3.05) is 5.32 Å². The molecule has 0 aliphatic rings. The summed E-state index contributed by atoms with van der Waals surface area (Å²) >= 11 is 0. The molecular weight excluding hydrogens is 244 g/mol. The Bertz CT molecular complexity index is 531. The highest BCUT2D eigenvalue weighted by atomic mass is 14.9. The van der Waals surface area contributed by atoms with E-state index in [1.165, 1.54) is 30.4 Å². The van der Waals surface area contributed by atoms with Crippen LogP contribution in [0.4, 0.5) is 5.69 Å². The number of hydrogen-bond donors (Lipinski definition) is 1. The molecule has 1 N–H and O–H groups in total. The summed E-state index contributed by atoms with van der Waals surface area (Å²) in [5.41, 5.74) is 4.89. The maximum Gasteiger partial charge on any atom is 0.0603 e. The van der Waals surface area contributed by atoms with Crippen LogP contribution in [0.3, 0.4) is 0 Å². The molecule has 2 nitrogen and oxygen atoms in total. The van der Waals surface area contributed by atoms with Crippen LogP contribution >= 0.6 is 0 Å². The van der Waals surface area contributed by atoms with E-state index in [0.29, 0.717) is 0 Å². The minimum atomic E-state index is 0.290. The number of nitrogens with one attached hydrogen (secondary N) is 1. The van der Waals surface area contributed by atoms with Gasteiger partial charge in [0, 0.05) is 12.2 Å². The van der Waals surface area contributed by atoms with Crippen LogP contribution in [0.25, 0.3) is 0 Å². The summed E-state index contributed by atoms with van der Waals surface area (Å²) < 4.78 is 0. The van der Waals surface area contributed by atoms with Crippen LogP contribution < -0.4 is 5.32 Å². The lowest BCUT2D eigenvalue weighted by molar-refractivity contribution is 0.793. The van der Waals surface area contributed by atoms with Gasteiger partial charge in [-0.3, -0.25) is 4.98 Å². The molecule has 0 saturated carbocycles. The van der Waals surface area contributed by atoms with Crippen molar-refractivity contribution in [3.63, 3.8) is 0 Å². The zero-order chi connectivity index (χ0) is 14.4. The molecule has 1 unspecified atom stereocenters. The number of pyridine rings is 1. The van der Waals surface area contributed by atoms with E-state index in [4.69, 9.17) is 0 Å². The molecule has 0 spiro atoms. The Balaban J connectivity index is 2.02. The lowest BCUT2D eigenvalue weighted by Gasteiger charge is -2.17. The number of aryl methyl sites for hydroxylation is 2. The number of benzene rings is 1. The summed E-state index contributed by atoms with van der Waals surface area (Å²) in [5, 5.41) is 3.53. The predicted octanol–water partition coefficient (Wildman–Crippen LogP) is 4.91. The second kappa shape index (κ2) is 7.09. The molecule has 1 aromatic heterocycles. The van der Waals surface area contributed by atoms with Gasteiger partial charge in [0.2, 0.25) is 0 Å². The largest absolute Gasteiger partial charge is 0.377 e. The summed E-state index contributed by atoms with van der Waals surface area (Å²) in [4.78, 5) is 4.31. The molecule has 0 fully saturated rings. The molecule has 2 rings (SSSR count). The maximum absolute atomic E-state index is 4.31. The van der Waals surface area contributed by atoms with Crippen molar-refractivity contribution in [3.8, 4) is 0 Å². The van der Waals surface area contributed by atoms with Crippen molar-refractivity contribution in [3.05, 3.63) is 59.4 Å². The van der Waals surface area contributed by atoms with Crippen molar-refractivity contribution in [1.29, 1.82) is 0 Å². The van der Waals surface area contributed by atoms with Crippen LogP contribution in [0.5, 0.6) is 0 Å². The van der Waals surface area contributed by atoms with E-state index in [1.807, 2.05) is 19.2 Å². The van der Waals surface area contributed by atoms with E-state index in [0.717, 1.165) is 11.4 Å². The van der Waals surface area contributed by atoms with Gasteiger partial charge in [0.25, 0.3) is 0 Å². The van der Waals surface area contributed by atoms with Gasteiger partial charge in [0.1, 0.15) is 0 Å². The fraction of sp³-hybridized carbons (Fsp3) is 0.389. The monoisotopic (exact) mass is 268 g/mol. The Morgan fingerprint density at radius 1 is 1.15 bits per heavy atom. The highest BCUT2D eigenvalue weighted by molar-refractivity contribution is 5.48. The van der Waals surface area contributed by atoms with E-state index >= 15 is 0 Å². The lowest BCUT2D eigenvalue weighted by Crippen LogP contribution is -2.08. The van der Waals surface area contributed by atoms with Crippen LogP contribution in [-0.2, 0) is 6.42 Å². The molecule has 0 bridgehead atoms. The van der Waals surface area contributed by atoms with Gasteiger partial charge < -0.3 is 5.32 Å². The van der Waals surface area contributed by atoms with Gasteiger partial charge in [-0.25, -0.2) is 0 Å². The van der Waals surface area contributed by atoms with Gasteiger partial charge in [-0.15, -0.1) is 0 Å². The third-order valence-electron chi connectivity index (χ3n) is 3.68. The van der Waals surface area contributed by atoms with Gasteiger partial charge in [-0.1, -0.05) is 37.6 Å². The molecule has 1 aromatic carbocycles. The van der Waals surface area contributed by atoms with E-state index in [2.05, 4.69) is 54.5 Å². The van der Waals surface area contributed by atoms with Gasteiger partial charge >= 0.3 is 0 Å². The molecule has 0 saturated heterocycles. The van der Waals surface area contributed by atoms with Crippen molar-refractivity contribution in [1.82, 2.24) is 4.98 Å². The number of unbranched alkanes of at least 4 members (excludes halogenated alkanes) is 1. The van der Waals surface area contributed by atoms with Crippen LogP contribution in [-0.4, -0.2) is 4.98 Å². The molecule has 0 aliphatic carbocycles. The van der Waals surface area contributed by atoms with Crippen molar-refractivity contribution in [2.45, 2.75) is 46.1 Å². The number of aromatic nitrogens is 1. The smallest absolute Gasteiger partial charge is 0.0603 e. The predicted molar refractivity (Wildman–Crippen MR) is 86.1 cm³/mol. The summed E-state index contributed by atoms with van der Waals surface area (Å²) in [7, 11) is 0. The first-order valence-electron chi connectivity index (χ1n) is 7.47. The third-order valence-corrected chi connectivity index (χ3v) is 3.68. The summed E-state index contributed by atoms with van der Waals surface area (Å²) in [6, 6.07) is 13.3. The molecule has 2 heteroatoms. The third kappa shape index (κ3) is 3.83. The van der Waals surface area contributed by atoms with Crippen LogP contribution in [0.15, 0.2) is 42.6 Å². The van der Waals surface area contributed by atoms with E-state index in [9.17, 15) is 0 Å². The number of rotatable bonds is 6. The molecule has 2 aromatic rings. The topological polar surface area (TPSA) is 24.9 Å². The SMILES string of the molecule is CCCCc1ccc(C(C)Nc2cccnc2C)cc1. The number of nitrogens with zero attached hydrogens (tertiary/aromatic N) is 1. The molecule has 20 heavy (non-hydrogen) atoms.